The van der Waals surface area contributed by atoms with Crippen LogP contribution < -0.4 is 4.90 Å². The van der Waals surface area contributed by atoms with Crippen LogP contribution in [0.4, 0.5) is 5.69 Å². The van der Waals surface area contributed by atoms with Crippen molar-refractivity contribution in [1.82, 2.24) is 4.90 Å². The Balaban J connectivity index is 1.50. The molecule has 3 heterocycles. The zero-order valence-electron chi connectivity index (χ0n) is 12.0. The Hall–Kier alpha value is -2.14. The van der Waals surface area contributed by atoms with Gasteiger partial charge in [0.1, 0.15) is 0 Å². The zero-order valence-corrected chi connectivity index (χ0v) is 12.8. The van der Waals surface area contributed by atoms with Gasteiger partial charge in [0.15, 0.2) is 0 Å². The fourth-order valence-corrected chi connectivity index (χ4v) is 4.07. The molecule has 4 nitrogen and oxygen atoms in total. The summed E-state index contributed by atoms with van der Waals surface area (Å²) in [6.45, 7) is 1.93. The third kappa shape index (κ3) is 2.13. The van der Waals surface area contributed by atoms with Gasteiger partial charge >= 0.3 is 0 Å². The van der Waals surface area contributed by atoms with Crippen molar-refractivity contribution in [2.75, 3.05) is 24.5 Å². The van der Waals surface area contributed by atoms with Crippen LogP contribution in [0.1, 0.15) is 10.4 Å². The van der Waals surface area contributed by atoms with Gasteiger partial charge in [0.05, 0.1) is 11.5 Å². The second-order valence-electron chi connectivity index (χ2n) is 5.87. The van der Waals surface area contributed by atoms with Gasteiger partial charge in [-0.15, -0.1) is 0 Å². The quantitative estimate of drug-likeness (QED) is 0.855. The highest BCUT2D eigenvalue weighted by Gasteiger charge is 2.47. The molecular formula is C17H16N2O2S. The molecule has 2 aliphatic heterocycles. The molecule has 1 aromatic heterocycles. The van der Waals surface area contributed by atoms with E-state index in [2.05, 4.69) is 0 Å². The van der Waals surface area contributed by atoms with Gasteiger partial charge in [-0.05, 0) is 23.6 Å². The fraction of sp³-hybridized carbons (Fsp3) is 0.294. The molecule has 0 aliphatic carbocycles. The number of hydrogen-bond donors (Lipinski definition) is 0. The van der Waals surface area contributed by atoms with E-state index in [1.807, 2.05) is 57.0 Å². The molecule has 2 saturated heterocycles. The van der Waals surface area contributed by atoms with Gasteiger partial charge in [0.2, 0.25) is 5.91 Å². The normalized spacial score (nSPS) is 23.9. The Bertz CT molecular complexity index is 699. The molecule has 0 N–H and O–H groups in total. The number of thiophene rings is 1. The minimum atomic E-state index is -0.0530. The summed E-state index contributed by atoms with van der Waals surface area (Å²) in [4.78, 5) is 28.7. The molecular weight excluding hydrogens is 296 g/mol. The van der Waals surface area contributed by atoms with Gasteiger partial charge in [-0.25, -0.2) is 0 Å². The first-order chi connectivity index (χ1) is 10.7. The second kappa shape index (κ2) is 5.25. The van der Waals surface area contributed by atoms with Crippen LogP contribution in [0.15, 0.2) is 47.2 Å². The average molecular weight is 312 g/mol. The van der Waals surface area contributed by atoms with E-state index in [0.717, 1.165) is 11.3 Å². The molecule has 2 fully saturated rings. The molecule has 22 heavy (non-hydrogen) atoms. The van der Waals surface area contributed by atoms with E-state index in [0.29, 0.717) is 19.6 Å². The summed E-state index contributed by atoms with van der Waals surface area (Å²) in [6, 6.07) is 11.6. The van der Waals surface area contributed by atoms with Crippen LogP contribution in [0.3, 0.4) is 0 Å². The maximum atomic E-state index is 12.6. The summed E-state index contributed by atoms with van der Waals surface area (Å²) in [5.74, 6) is 0.393. The number of carbonyl (C=O) groups excluding carboxylic acids is 2. The first-order valence-electron chi connectivity index (χ1n) is 7.42. The van der Waals surface area contributed by atoms with Crippen molar-refractivity contribution in [2.45, 2.75) is 0 Å². The lowest BCUT2D eigenvalue weighted by Gasteiger charge is -2.21. The number of benzene rings is 1. The highest BCUT2D eigenvalue weighted by molar-refractivity contribution is 7.08. The maximum Gasteiger partial charge on any atom is 0.254 e. The molecule has 0 saturated carbocycles. The van der Waals surface area contributed by atoms with Crippen LogP contribution in [-0.4, -0.2) is 36.3 Å². The van der Waals surface area contributed by atoms with Crippen molar-refractivity contribution < 1.29 is 9.59 Å². The summed E-state index contributed by atoms with van der Waals surface area (Å²) in [7, 11) is 0. The van der Waals surface area contributed by atoms with E-state index in [1.165, 1.54) is 11.3 Å². The number of likely N-dealkylation sites (tertiary alicyclic amines) is 1. The van der Waals surface area contributed by atoms with Crippen molar-refractivity contribution >= 4 is 28.8 Å². The molecule has 0 spiro atoms. The molecule has 1 aromatic carbocycles. The van der Waals surface area contributed by atoms with Gasteiger partial charge in [-0.1, -0.05) is 18.2 Å². The molecule has 2 aromatic rings. The molecule has 0 unspecified atom stereocenters. The Morgan fingerprint density at radius 1 is 1.09 bits per heavy atom. The lowest BCUT2D eigenvalue weighted by Crippen LogP contribution is -2.35. The SMILES string of the molecule is O=C(c1ccsc1)N1C[C@H]2CN(c3ccccc3)C(=O)[C@H]2C1. The van der Waals surface area contributed by atoms with E-state index in [-0.39, 0.29) is 23.7 Å². The summed E-state index contributed by atoms with van der Waals surface area (Å²) in [6.07, 6.45) is 0. The largest absolute Gasteiger partial charge is 0.337 e. The van der Waals surface area contributed by atoms with E-state index >= 15 is 0 Å². The van der Waals surface area contributed by atoms with Crippen molar-refractivity contribution in [3.05, 3.63) is 52.7 Å². The van der Waals surface area contributed by atoms with Crippen LogP contribution in [0, 0.1) is 11.8 Å². The van der Waals surface area contributed by atoms with Crippen LogP contribution >= 0.6 is 11.3 Å². The summed E-state index contributed by atoms with van der Waals surface area (Å²) >= 11 is 1.52. The number of carbonyl (C=O) groups is 2. The molecule has 2 atom stereocenters. The Labute approximate surface area is 133 Å². The topological polar surface area (TPSA) is 40.6 Å². The lowest BCUT2D eigenvalue weighted by atomic mass is 10.0. The second-order valence-corrected chi connectivity index (χ2v) is 6.65. The Morgan fingerprint density at radius 2 is 1.91 bits per heavy atom. The maximum absolute atomic E-state index is 12.6. The number of nitrogens with zero attached hydrogens (tertiary/aromatic N) is 2. The van der Waals surface area contributed by atoms with Crippen molar-refractivity contribution in [3.63, 3.8) is 0 Å². The molecule has 112 valence electrons. The standard InChI is InChI=1S/C17H16N2O2S/c20-16(12-6-7-22-11-12)18-8-13-9-19(17(21)15(13)10-18)14-4-2-1-3-5-14/h1-7,11,13,15H,8-10H2/t13-,15-/m0/s1. The molecule has 0 bridgehead atoms. The van der Waals surface area contributed by atoms with Crippen molar-refractivity contribution in [2.24, 2.45) is 11.8 Å². The molecule has 2 aliphatic rings. The van der Waals surface area contributed by atoms with Crippen LogP contribution in [-0.2, 0) is 4.79 Å². The van der Waals surface area contributed by atoms with Gasteiger partial charge in [-0.3, -0.25) is 9.59 Å². The van der Waals surface area contributed by atoms with Gasteiger partial charge in [0, 0.05) is 36.6 Å². The number of anilines is 1. The third-order valence-electron chi connectivity index (χ3n) is 4.56. The Morgan fingerprint density at radius 3 is 2.59 bits per heavy atom. The number of para-hydroxylation sites is 1. The third-order valence-corrected chi connectivity index (χ3v) is 5.25. The Kier molecular flexibility index (Phi) is 3.22. The number of hydrogen-bond acceptors (Lipinski definition) is 3. The highest BCUT2D eigenvalue weighted by atomic mass is 32.1. The van der Waals surface area contributed by atoms with Crippen molar-refractivity contribution in [3.8, 4) is 0 Å². The molecule has 0 radical (unpaired) electrons. The van der Waals surface area contributed by atoms with E-state index in [9.17, 15) is 9.59 Å². The smallest absolute Gasteiger partial charge is 0.254 e. The highest BCUT2D eigenvalue weighted by Crippen LogP contribution is 2.35. The molecule has 4 rings (SSSR count). The minimum Gasteiger partial charge on any atom is -0.337 e. The minimum absolute atomic E-state index is 0.0507. The first-order valence-corrected chi connectivity index (χ1v) is 8.36. The molecule has 2 amide bonds. The van der Waals surface area contributed by atoms with E-state index in [1.54, 1.807) is 0 Å². The number of amides is 2. The first kappa shape index (κ1) is 13.5. The van der Waals surface area contributed by atoms with E-state index < -0.39 is 0 Å². The number of fused-ring (bicyclic) bond motifs is 1. The summed E-state index contributed by atoms with van der Waals surface area (Å²) in [5.41, 5.74) is 1.69. The van der Waals surface area contributed by atoms with Gasteiger partial charge in [-0.2, -0.15) is 11.3 Å². The monoisotopic (exact) mass is 312 g/mol. The fourth-order valence-electron chi connectivity index (χ4n) is 3.44. The zero-order chi connectivity index (χ0) is 15.1. The van der Waals surface area contributed by atoms with Gasteiger partial charge < -0.3 is 9.80 Å². The predicted molar refractivity (Wildman–Crippen MR) is 86.0 cm³/mol. The number of rotatable bonds is 2. The van der Waals surface area contributed by atoms with Crippen LogP contribution in [0.5, 0.6) is 0 Å². The summed E-state index contributed by atoms with van der Waals surface area (Å²) < 4.78 is 0. The van der Waals surface area contributed by atoms with E-state index in [4.69, 9.17) is 0 Å². The van der Waals surface area contributed by atoms with Crippen LogP contribution in [0.25, 0.3) is 0 Å². The predicted octanol–water partition coefficient (Wildman–Crippen LogP) is 2.48. The summed E-state index contributed by atoms with van der Waals surface area (Å²) in [5, 5.41) is 3.78. The van der Waals surface area contributed by atoms with Gasteiger partial charge in [0.25, 0.3) is 5.91 Å². The van der Waals surface area contributed by atoms with Crippen molar-refractivity contribution in [1.29, 1.82) is 0 Å². The average Bonchev–Trinajstić information content (AvgIpc) is 3.25. The van der Waals surface area contributed by atoms with Crippen LogP contribution in [0.2, 0.25) is 0 Å². The lowest BCUT2D eigenvalue weighted by molar-refractivity contribution is -0.120. The molecule has 5 heteroatoms.